The van der Waals surface area contributed by atoms with Gasteiger partial charge in [0.05, 0.1) is 0 Å². The minimum Gasteiger partial charge on any atom is -0.0999 e. The van der Waals surface area contributed by atoms with Gasteiger partial charge in [0.2, 0.25) is 0 Å². The zero-order valence-corrected chi connectivity index (χ0v) is 8.03. The SMILES string of the molecule is [CH2]CCCCC(=C)CC(C)C. The first-order chi connectivity index (χ1) is 5.16. The molecule has 0 aliphatic carbocycles. The van der Waals surface area contributed by atoms with Gasteiger partial charge in [-0.05, 0) is 25.2 Å². The summed E-state index contributed by atoms with van der Waals surface area (Å²) >= 11 is 0. The van der Waals surface area contributed by atoms with Crippen molar-refractivity contribution in [2.24, 2.45) is 5.92 Å². The van der Waals surface area contributed by atoms with E-state index in [0.717, 1.165) is 12.3 Å². The first-order valence-corrected chi connectivity index (χ1v) is 4.62. The van der Waals surface area contributed by atoms with Crippen molar-refractivity contribution in [2.75, 3.05) is 0 Å². The zero-order valence-electron chi connectivity index (χ0n) is 8.03. The third-order valence-corrected chi connectivity index (χ3v) is 1.73. The molecule has 1 radical (unpaired) electrons. The smallest absolute Gasteiger partial charge is 0.0300 e. The second-order valence-electron chi connectivity index (χ2n) is 3.66. The van der Waals surface area contributed by atoms with Crippen molar-refractivity contribution in [1.82, 2.24) is 0 Å². The van der Waals surface area contributed by atoms with Crippen LogP contribution in [-0.4, -0.2) is 0 Å². The van der Waals surface area contributed by atoms with E-state index < -0.39 is 0 Å². The molecule has 0 unspecified atom stereocenters. The third kappa shape index (κ3) is 7.64. The van der Waals surface area contributed by atoms with Crippen LogP contribution >= 0.6 is 0 Å². The highest BCUT2D eigenvalue weighted by Crippen LogP contribution is 2.15. The fourth-order valence-electron chi connectivity index (χ4n) is 1.23. The van der Waals surface area contributed by atoms with Crippen LogP contribution in [0.25, 0.3) is 0 Å². The summed E-state index contributed by atoms with van der Waals surface area (Å²) in [5.41, 5.74) is 1.41. The number of hydrogen-bond donors (Lipinski definition) is 0. The maximum absolute atomic E-state index is 4.05. The van der Waals surface area contributed by atoms with E-state index in [1.165, 1.54) is 31.3 Å². The summed E-state index contributed by atoms with van der Waals surface area (Å²) in [6.45, 7) is 12.3. The maximum Gasteiger partial charge on any atom is -0.0300 e. The Hall–Kier alpha value is -0.260. The van der Waals surface area contributed by atoms with E-state index >= 15 is 0 Å². The predicted octanol–water partition coefficient (Wildman–Crippen LogP) is 3.98. The Bertz CT molecular complexity index is 101. The highest BCUT2D eigenvalue weighted by atomic mass is 14.0. The summed E-state index contributed by atoms with van der Waals surface area (Å²) in [5.74, 6) is 0.766. The lowest BCUT2D eigenvalue weighted by molar-refractivity contribution is 0.611. The summed E-state index contributed by atoms with van der Waals surface area (Å²) in [6.07, 6.45) is 5.98. The molecule has 0 amide bonds. The van der Waals surface area contributed by atoms with Crippen molar-refractivity contribution in [3.63, 3.8) is 0 Å². The molecular weight excluding hydrogens is 132 g/mol. The molecule has 0 heterocycles. The molecule has 0 spiro atoms. The van der Waals surface area contributed by atoms with Gasteiger partial charge in [-0.3, -0.25) is 0 Å². The molecule has 0 saturated carbocycles. The van der Waals surface area contributed by atoms with Gasteiger partial charge in [0.15, 0.2) is 0 Å². The van der Waals surface area contributed by atoms with E-state index in [-0.39, 0.29) is 0 Å². The van der Waals surface area contributed by atoms with E-state index in [2.05, 4.69) is 27.4 Å². The minimum atomic E-state index is 0.766. The van der Waals surface area contributed by atoms with Crippen LogP contribution in [0.4, 0.5) is 0 Å². The van der Waals surface area contributed by atoms with Crippen molar-refractivity contribution >= 4 is 0 Å². The van der Waals surface area contributed by atoms with E-state index in [9.17, 15) is 0 Å². The minimum absolute atomic E-state index is 0.766. The molecule has 0 fully saturated rings. The molecule has 0 aliphatic heterocycles. The second kappa shape index (κ2) is 6.45. The van der Waals surface area contributed by atoms with Crippen molar-refractivity contribution in [2.45, 2.75) is 46.0 Å². The van der Waals surface area contributed by atoms with Crippen LogP contribution in [0.15, 0.2) is 12.2 Å². The summed E-state index contributed by atoms with van der Waals surface area (Å²) in [5, 5.41) is 0. The molecule has 0 aliphatic rings. The molecule has 0 rings (SSSR count). The van der Waals surface area contributed by atoms with Crippen LogP contribution in [0.2, 0.25) is 0 Å². The Kier molecular flexibility index (Phi) is 6.30. The van der Waals surface area contributed by atoms with Crippen molar-refractivity contribution < 1.29 is 0 Å². The van der Waals surface area contributed by atoms with Crippen LogP contribution in [-0.2, 0) is 0 Å². The van der Waals surface area contributed by atoms with Gasteiger partial charge in [-0.15, -0.1) is 0 Å². The lowest BCUT2D eigenvalue weighted by Gasteiger charge is -2.07. The van der Waals surface area contributed by atoms with Gasteiger partial charge >= 0.3 is 0 Å². The predicted molar refractivity (Wildman–Crippen MR) is 52.4 cm³/mol. The first kappa shape index (κ1) is 10.7. The Labute approximate surface area is 71.7 Å². The molecule has 0 aromatic heterocycles. The quantitative estimate of drug-likeness (QED) is 0.400. The molecule has 0 heteroatoms. The largest absolute Gasteiger partial charge is 0.0999 e. The Morgan fingerprint density at radius 1 is 1.27 bits per heavy atom. The van der Waals surface area contributed by atoms with Gasteiger partial charge in [-0.2, -0.15) is 0 Å². The lowest BCUT2D eigenvalue weighted by atomic mass is 10.00. The highest BCUT2D eigenvalue weighted by molar-refractivity contribution is 4.94. The molecule has 0 saturated heterocycles. The van der Waals surface area contributed by atoms with Gasteiger partial charge in [-0.1, -0.05) is 45.8 Å². The fraction of sp³-hybridized carbons (Fsp3) is 0.727. The Balaban J connectivity index is 3.23. The summed E-state index contributed by atoms with van der Waals surface area (Å²) in [7, 11) is 0. The number of rotatable bonds is 6. The van der Waals surface area contributed by atoms with Crippen LogP contribution in [0.3, 0.4) is 0 Å². The molecule has 0 bridgehead atoms. The molecule has 11 heavy (non-hydrogen) atoms. The van der Waals surface area contributed by atoms with Gasteiger partial charge < -0.3 is 0 Å². The van der Waals surface area contributed by atoms with E-state index in [1.807, 2.05) is 0 Å². The summed E-state index contributed by atoms with van der Waals surface area (Å²) in [6, 6.07) is 0. The molecule has 0 nitrogen and oxygen atoms in total. The first-order valence-electron chi connectivity index (χ1n) is 4.62. The van der Waals surface area contributed by atoms with Gasteiger partial charge in [0, 0.05) is 0 Å². The summed E-state index contributed by atoms with van der Waals surface area (Å²) in [4.78, 5) is 0. The molecule has 0 atom stereocenters. The van der Waals surface area contributed by atoms with Gasteiger partial charge in [-0.25, -0.2) is 0 Å². The average Bonchev–Trinajstić information content (AvgIpc) is 1.86. The number of allylic oxidation sites excluding steroid dienone is 1. The van der Waals surface area contributed by atoms with Crippen LogP contribution in [0.5, 0.6) is 0 Å². The monoisotopic (exact) mass is 153 g/mol. The van der Waals surface area contributed by atoms with Crippen molar-refractivity contribution in [1.29, 1.82) is 0 Å². The lowest BCUT2D eigenvalue weighted by Crippen LogP contribution is -1.90. The maximum atomic E-state index is 4.05. The molecular formula is C11H21. The fourth-order valence-corrected chi connectivity index (χ4v) is 1.23. The second-order valence-corrected chi connectivity index (χ2v) is 3.66. The van der Waals surface area contributed by atoms with Crippen LogP contribution in [0, 0.1) is 12.8 Å². The van der Waals surface area contributed by atoms with Gasteiger partial charge in [0.1, 0.15) is 0 Å². The molecule has 0 N–H and O–H groups in total. The average molecular weight is 153 g/mol. The Morgan fingerprint density at radius 2 is 1.91 bits per heavy atom. The van der Waals surface area contributed by atoms with Crippen LogP contribution in [0.1, 0.15) is 46.0 Å². The Morgan fingerprint density at radius 3 is 2.36 bits per heavy atom. The highest BCUT2D eigenvalue weighted by Gasteiger charge is 1.97. The molecule has 0 aromatic rings. The molecule has 0 aromatic carbocycles. The van der Waals surface area contributed by atoms with Crippen LogP contribution < -0.4 is 0 Å². The van der Waals surface area contributed by atoms with Gasteiger partial charge in [0.25, 0.3) is 0 Å². The third-order valence-electron chi connectivity index (χ3n) is 1.73. The standard InChI is InChI=1S/C11H21/c1-5-6-7-8-11(4)9-10(2)3/h10H,1,4-9H2,2-3H3. The normalized spacial score (nSPS) is 10.5. The van der Waals surface area contributed by atoms with E-state index in [4.69, 9.17) is 0 Å². The number of unbranched alkanes of at least 4 members (excludes halogenated alkanes) is 2. The zero-order chi connectivity index (χ0) is 8.69. The summed E-state index contributed by atoms with van der Waals surface area (Å²) < 4.78 is 0. The number of hydrogen-bond acceptors (Lipinski definition) is 0. The molecule has 65 valence electrons. The van der Waals surface area contributed by atoms with E-state index in [1.54, 1.807) is 0 Å². The van der Waals surface area contributed by atoms with E-state index in [0.29, 0.717) is 0 Å². The topological polar surface area (TPSA) is 0 Å². The van der Waals surface area contributed by atoms with Crippen molar-refractivity contribution in [3.05, 3.63) is 19.1 Å². The van der Waals surface area contributed by atoms with Crippen molar-refractivity contribution in [3.8, 4) is 0 Å².